The molecule has 1 aromatic carbocycles. The number of nitro groups is 1. The molecule has 0 fully saturated rings. The number of pyridine rings is 1. The summed E-state index contributed by atoms with van der Waals surface area (Å²) < 4.78 is 0. The minimum atomic E-state index is -0.782. The number of aromatic nitrogens is 1. The van der Waals surface area contributed by atoms with Crippen molar-refractivity contribution < 1.29 is 14.8 Å². The molecule has 0 saturated heterocycles. The van der Waals surface area contributed by atoms with E-state index in [2.05, 4.69) is 10.3 Å². The van der Waals surface area contributed by atoms with Gasteiger partial charge in [-0.2, -0.15) is 0 Å². The van der Waals surface area contributed by atoms with Crippen LogP contribution in [0.25, 0.3) is 0 Å². The van der Waals surface area contributed by atoms with E-state index >= 15 is 0 Å². The van der Waals surface area contributed by atoms with E-state index in [9.17, 15) is 20.0 Å². The van der Waals surface area contributed by atoms with Crippen LogP contribution in [0.2, 0.25) is 5.02 Å². The van der Waals surface area contributed by atoms with Gasteiger partial charge in [-0.15, -0.1) is 0 Å². The number of phenolic OH excluding ortho intramolecular Hbond substituents is 1. The molecule has 7 nitrogen and oxygen atoms in total. The summed E-state index contributed by atoms with van der Waals surface area (Å²) in [7, 11) is 0. The molecule has 2 N–H and O–H groups in total. The Morgan fingerprint density at radius 1 is 1.35 bits per heavy atom. The van der Waals surface area contributed by atoms with Gasteiger partial charge in [0.15, 0.2) is 0 Å². The minimum absolute atomic E-state index is 0.0288. The Morgan fingerprint density at radius 3 is 2.75 bits per heavy atom. The summed E-state index contributed by atoms with van der Waals surface area (Å²) in [6, 6.07) is 6.75. The minimum Gasteiger partial charge on any atom is -0.507 e. The first-order valence-electron chi connectivity index (χ1n) is 5.39. The van der Waals surface area contributed by atoms with Crippen molar-refractivity contribution in [2.75, 3.05) is 5.32 Å². The quantitative estimate of drug-likeness (QED) is 0.668. The maximum atomic E-state index is 12.0. The van der Waals surface area contributed by atoms with Crippen LogP contribution in [-0.2, 0) is 0 Å². The Balaban J connectivity index is 2.36. The van der Waals surface area contributed by atoms with E-state index in [1.54, 1.807) is 0 Å². The van der Waals surface area contributed by atoms with Crippen molar-refractivity contribution in [2.45, 2.75) is 0 Å². The first kappa shape index (κ1) is 13.8. The zero-order chi connectivity index (χ0) is 14.7. The molecular formula is C12H8ClN3O4. The Labute approximate surface area is 118 Å². The Hall–Kier alpha value is -2.67. The van der Waals surface area contributed by atoms with Crippen LogP contribution in [0.15, 0.2) is 36.5 Å². The van der Waals surface area contributed by atoms with Gasteiger partial charge in [-0.05, 0) is 18.2 Å². The molecule has 0 aliphatic rings. The maximum absolute atomic E-state index is 12.0. The standard InChI is InChI=1S/C12H8ClN3O4/c13-7-3-1-5-9(17)10(7)12(18)15-11-8(16(19)20)4-2-6-14-11/h1-6,17H,(H,14,15,18). The number of carbonyl (C=O) groups excluding carboxylic acids is 1. The van der Waals surface area contributed by atoms with Crippen LogP contribution in [0.3, 0.4) is 0 Å². The molecule has 8 heteroatoms. The summed E-state index contributed by atoms with van der Waals surface area (Å²) >= 11 is 5.82. The normalized spacial score (nSPS) is 10.1. The van der Waals surface area contributed by atoms with E-state index < -0.39 is 10.8 Å². The zero-order valence-corrected chi connectivity index (χ0v) is 10.7. The van der Waals surface area contributed by atoms with Gasteiger partial charge in [0.1, 0.15) is 11.3 Å². The van der Waals surface area contributed by atoms with Crippen molar-refractivity contribution in [3.63, 3.8) is 0 Å². The number of rotatable bonds is 3. The molecule has 0 spiro atoms. The van der Waals surface area contributed by atoms with Gasteiger partial charge >= 0.3 is 5.69 Å². The third kappa shape index (κ3) is 2.67. The van der Waals surface area contributed by atoms with E-state index in [1.807, 2.05) is 0 Å². The summed E-state index contributed by atoms with van der Waals surface area (Å²) in [6.45, 7) is 0. The first-order valence-corrected chi connectivity index (χ1v) is 5.76. The van der Waals surface area contributed by atoms with Crippen LogP contribution in [0.4, 0.5) is 11.5 Å². The van der Waals surface area contributed by atoms with Crippen molar-refractivity contribution >= 4 is 29.0 Å². The molecule has 0 aliphatic carbocycles. The lowest BCUT2D eigenvalue weighted by molar-refractivity contribution is -0.384. The maximum Gasteiger partial charge on any atom is 0.311 e. The lowest BCUT2D eigenvalue weighted by Gasteiger charge is -2.07. The van der Waals surface area contributed by atoms with Crippen molar-refractivity contribution in [1.29, 1.82) is 0 Å². The fourth-order valence-electron chi connectivity index (χ4n) is 1.55. The van der Waals surface area contributed by atoms with Gasteiger partial charge in [0.25, 0.3) is 5.91 Å². The number of carbonyl (C=O) groups is 1. The molecule has 2 rings (SSSR count). The Bertz CT molecular complexity index is 670. The molecule has 102 valence electrons. The third-order valence-electron chi connectivity index (χ3n) is 2.43. The largest absolute Gasteiger partial charge is 0.507 e. The van der Waals surface area contributed by atoms with Crippen LogP contribution in [0.1, 0.15) is 10.4 Å². The SMILES string of the molecule is O=C(Nc1ncccc1[N+](=O)[O-])c1c(O)cccc1Cl. The van der Waals surface area contributed by atoms with Crippen LogP contribution < -0.4 is 5.32 Å². The number of hydrogen-bond donors (Lipinski definition) is 2. The topological polar surface area (TPSA) is 105 Å². The van der Waals surface area contributed by atoms with Crippen LogP contribution in [-0.4, -0.2) is 20.9 Å². The monoisotopic (exact) mass is 293 g/mol. The van der Waals surface area contributed by atoms with E-state index in [0.717, 1.165) is 0 Å². The van der Waals surface area contributed by atoms with Crippen LogP contribution >= 0.6 is 11.6 Å². The zero-order valence-electron chi connectivity index (χ0n) is 9.91. The van der Waals surface area contributed by atoms with Gasteiger partial charge in [0, 0.05) is 12.3 Å². The smallest absolute Gasteiger partial charge is 0.311 e. The molecule has 0 bridgehead atoms. The molecule has 0 saturated carbocycles. The van der Waals surface area contributed by atoms with Gasteiger partial charge in [0.05, 0.1) is 9.95 Å². The molecule has 0 unspecified atom stereocenters. The number of anilines is 1. The van der Waals surface area contributed by atoms with Crippen molar-refractivity contribution in [1.82, 2.24) is 4.98 Å². The second kappa shape index (κ2) is 5.54. The second-order valence-electron chi connectivity index (χ2n) is 3.72. The highest BCUT2D eigenvalue weighted by Crippen LogP contribution is 2.27. The predicted molar refractivity (Wildman–Crippen MR) is 72.0 cm³/mol. The van der Waals surface area contributed by atoms with Crippen molar-refractivity contribution in [3.8, 4) is 5.75 Å². The summed E-state index contributed by atoms with van der Waals surface area (Å²) in [5.74, 6) is -1.33. The van der Waals surface area contributed by atoms with Crippen LogP contribution in [0.5, 0.6) is 5.75 Å². The summed E-state index contributed by atoms with van der Waals surface area (Å²) in [5.41, 5.74) is -0.526. The Kier molecular flexibility index (Phi) is 3.81. The summed E-state index contributed by atoms with van der Waals surface area (Å²) in [6.07, 6.45) is 1.30. The molecule has 20 heavy (non-hydrogen) atoms. The number of halogens is 1. The number of hydrogen-bond acceptors (Lipinski definition) is 5. The van der Waals surface area contributed by atoms with Gasteiger partial charge < -0.3 is 10.4 Å². The molecule has 0 aliphatic heterocycles. The second-order valence-corrected chi connectivity index (χ2v) is 4.12. The van der Waals surface area contributed by atoms with Gasteiger partial charge in [0.2, 0.25) is 5.82 Å². The van der Waals surface area contributed by atoms with E-state index in [-0.39, 0.29) is 27.8 Å². The number of phenols is 1. The van der Waals surface area contributed by atoms with E-state index in [0.29, 0.717) is 0 Å². The van der Waals surface area contributed by atoms with E-state index in [4.69, 9.17) is 11.6 Å². The summed E-state index contributed by atoms with van der Waals surface area (Å²) in [5, 5.41) is 22.7. The average Bonchev–Trinajstić information content (AvgIpc) is 2.38. The number of aromatic hydroxyl groups is 1. The number of nitrogens with zero attached hydrogens (tertiary/aromatic N) is 2. The van der Waals surface area contributed by atoms with Crippen LogP contribution in [0, 0.1) is 10.1 Å². The molecule has 1 heterocycles. The number of benzene rings is 1. The molecule has 0 radical (unpaired) electrons. The number of nitrogens with one attached hydrogen (secondary N) is 1. The molecule has 1 amide bonds. The lowest BCUT2D eigenvalue weighted by Crippen LogP contribution is -2.15. The van der Waals surface area contributed by atoms with Gasteiger partial charge in [-0.3, -0.25) is 14.9 Å². The highest BCUT2D eigenvalue weighted by atomic mass is 35.5. The molecular weight excluding hydrogens is 286 g/mol. The predicted octanol–water partition coefficient (Wildman–Crippen LogP) is 2.60. The summed E-state index contributed by atoms with van der Waals surface area (Å²) in [4.78, 5) is 25.9. The van der Waals surface area contributed by atoms with Crippen molar-refractivity contribution in [2.24, 2.45) is 0 Å². The third-order valence-corrected chi connectivity index (χ3v) is 2.75. The van der Waals surface area contributed by atoms with E-state index in [1.165, 1.54) is 36.5 Å². The fourth-order valence-corrected chi connectivity index (χ4v) is 1.80. The molecule has 1 aromatic heterocycles. The number of amides is 1. The van der Waals surface area contributed by atoms with Gasteiger partial charge in [-0.25, -0.2) is 4.98 Å². The van der Waals surface area contributed by atoms with Gasteiger partial charge in [-0.1, -0.05) is 17.7 Å². The average molecular weight is 294 g/mol. The highest BCUT2D eigenvalue weighted by Gasteiger charge is 2.20. The highest BCUT2D eigenvalue weighted by molar-refractivity contribution is 6.34. The lowest BCUT2D eigenvalue weighted by atomic mass is 10.2. The molecule has 2 aromatic rings. The van der Waals surface area contributed by atoms with Crippen molar-refractivity contribution in [3.05, 3.63) is 57.2 Å². The first-order chi connectivity index (χ1) is 9.50. The Morgan fingerprint density at radius 2 is 2.10 bits per heavy atom. The molecule has 0 atom stereocenters. The fraction of sp³-hybridized carbons (Fsp3) is 0.